The molecule has 6 aromatic rings. The van der Waals surface area contributed by atoms with Gasteiger partial charge in [0.25, 0.3) is 11.8 Å². The van der Waals surface area contributed by atoms with Crippen LogP contribution in [0.15, 0.2) is 103 Å². The van der Waals surface area contributed by atoms with E-state index < -0.39 is 24.3 Å². The predicted molar refractivity (Wildman–Crippen MR) is 231 cm³/mol. The molecule has 6 N–H and O–H groups in total. The maximum atomic E-state index is 14.0. The van der Waals surface area contributed by atoms with Crippen LogP contribution in [0.3, 0.4) is 0 Å². The van der Waals surface area contributed by atoms with E-state index in [4.69, 9.17) is 14.7 Å². The highest BCUT2D eigenvalue weighted by Gasteiger charge is 2.38. The van der Waals surface area contributed by atoms with Crippen LogP contribution in [0.1, 0.15) is 83.8 Å². The number of aromatic amines is 2. The van der Waals surface area contributed by atoms with Crippen LogP contribution in [0.25, 0.3) is 33.6 Å². The van der Waals surface area contributed by atoms with Crippen LogP contribution in [0, 0.1) is 13.8 Å². The summed E-state index contributed by atoms with van der Waals surface area (Å²) in [7, 11) is 1.64. The maximum absolute atomic E-state index is 14.0. The van der Waals surface area contributed by atoms with Crippen molar-refractivity contribution in [1.82, 2.24) is 40.4 Å². The molecule has 2 saturated heterocycles. The topological polar surface area (TPSA) is 206 Å². The number of carbonyl (C=O) groups is 4. The number of aromatic nitrogens is 4. The molecule has 0 aliphatic carbocycles. The van der Waals surface area contributed by atoms with Crippen molar-refractivity contribution in [1.29, 1.82) is 0 Å². The summed E-state index contributed by atoms with van der Waals surface area (Å²) in [5.74, 6) is 1.29. The Balaban J connectivity index is 1.03. The molecular formula is C47H48N8O7. The number of nitrogens with one attached hydrogen (secondary N) is 4. The molecule has 2 aliphatic rings. The number of ether oxygens (including phenoxy) is 1. The van der Waals surface area contributed by atoms with Crippen molar-refractivity contribution >= 4 is 24.0 Å². The van der Waals surface area contributed by atoms with Crippen molar-refractivity contribution in [2.75, 3.05) is 20.2 Å². The van der Waals surface area contributed by atoms with E-state index in [2.05, 4.69) is 38.8 Å². The smallest absolute Gasteiger partial charge is 0.405 e. The van der Waals surface area contributed by atoms with E-state index in [0.29, 0.717) is 54.5 Å². The van der Waals surface area contributed by atoms with Gasteiger partial charge < -0.3 is 45.4 Å². The standard InChI is InChI=1S/C47H48N8O7/c1-27-24-33(28(2)38(41(27)62-3)35-26-49-43(51-35)37-17-11-23-55(37)45(57)40(53-47(60)61)32-14-8-5-9-15-32)29-18-20-30(21-19-29)34-25-48-42(50-34)36-16-10-22-54(36)44(56)39(52-46(58)59)31-12-6-4-7-13-31/h4-9,12-15,18-21,24-26,36-37,39-40,52-53H,10-11,16-17,22-23H2,1-3H3,(H,48,50)(H,49,51)(H,58,59)(H,60,61)/t36?,37-,39?,40+/m0/s1. The van der Waals surface area contributed by atoms with Gasteiger partial charge in [0.05, 0.1) is 43.0 Å². The van der Waals surface area contributed by atoms with Gasteiger partial charge in [-0.15, -0.1) is 0 Å². The number of hydrogen-bond donors (Lipinski definition) is 6. The molecule has 0 spiro atoms. The minimum absolute atomic E-state index is 0.322. The van der Waals surface area contributed by atoms with Gasteiger partial charge in [-0.05, 0) is 84.5 Å². The quantitative estimate of drug-likeness (QED) is 0.0703. The van der Waals surface area contributed by atoms with Crippen molar-refractivity contribution in [2.45, 2.75) is 63.7 Å². The zero-order valence-corrected chi connectivity index (χ0v) is 34.6. The van der Waals surface area contributed by atoms with Crippen LogP contribution in [-0.4, -0.2) is 84.1 Å². The molecule has 4 atom stereocenters. The molecule has 4 aromatic carbocycles. The molecule has 0 bridgehead atoms. The number of aryl methyl sites for hydroxylation is 1. The first-order chi connectivity index (χ1) is 30.0. The van der Waals surface area contributed by atoms with Crippen molar-refractivity contribution in [3.63, 3.8) is 0 Å². The number of imidazole rings is 2. The number of H-pyrrole nitrogens is 2. The molecule has 2 fully saturated rings. The molecule has 2 aliphatic heterocycles. The lowest BCUT2D eigenvalue weighted by atomic mass is 9.91. The fourth-order valence-corrected chi connectivity index (χ4v) is 8.97. The molecular weight excluding hydrogens is 789 g/mol. The first kappa shape index (κ1) is 41.3. The monoisotopic (exact) mass is 836 g/mol. The zero-order chi connectivity index (χ0) is 43.5. The van der Waals surface area contributed by atoms with Gasteiger partial charge in [-0.1, -0.05) is 84.9 Å². The molecule has 0 saturated carbocycles. The summed E-state index contributed by atoms with van der Waals surface area (Å²) in [5, 5.41) is 24.0. The number of hydrogen-bond acceptors (Lipinski definition) is 7. The van der Waals surface area contributed by atoms with Gasteiger partial charge in [-0.2, -0.15) is 0 Å². The van der Waals surface area contributed by atoms with E-state index in [1.807, 2.05) is 38.1 Å². The average molecular weight is 837 g/mol. The first-order valence-corrected chi connectivity index (χ1v) is 20.6. The normalized spacial score (nSPS) is 17.1. The van der Waals surface area contributed by atoms with E-state index in [9.17, 15) is 29.4 Å². The zero-order valence-electron chi connectivity index (χ0n) is 34.6. The minimum atomic E-state index is -1.28. The second-order valence-electron chi connectivity index (χ2n) is 15.7. The van der Waals surface area contributed by atoms with Crippen molar-refractivity contribution in [2.24, 2.45) is 0 Å². The van der Waals surface area contributed by atoms with Crippen LogP contribution in [-0.2, 0) is 9.59 Å². The molecule has 0 radical (unpaired) electrons. The number of rotatable bonds is 12. The van der Waals surface area contributed by atoms with Gasteiger partial charge in [0.1, 0.15) is 29.5 Å². The van der Waals surface area contributed by atoms with Crippen molar-refractivity contribution in [3.8, 4) is 39.4 Å². The number of nitrogens with zero attached hydrogens (tertiary/aromatic N) is 4. The fraction of sp³-hybridized carbons (Fsp3) is 0.277. The second-order valence-corrected chi connectivity index (χ2v) is 15.7. The highest BCUT2D eigenvalue weighted by molar-refractivity contribution is 5.88. The third-order valence-corrected chi connectivity index (χ3v) is 11.9. The summed E-state index contributed by atoms with van der Waals surface area (Å²) in [4.78, 5) is 71.0. The van der Waals surface area contributed by atoms with Crippen LogP contribution in [0.2, 0.25) is 0 Å². The van der Waals surface area contributed by atoms with Crippen LogP contribution < -0.4 is 15.4 Å². The lowest BCUT2D eigenvalue weighted by Crippen LogP contribution is -2.42. The summed E-state index contributed by atoms with van der Waals surface area (Å²) >= 11 is 0. The highest BCUT2D eigenvalue weighted by atomic mass is 16.5. The van der Waals surface area contributed by atoms with Crippen molar-refractivity contribution < 1.29 is 34.1 Å². The lowest BCUT2D eigenvalue weighted by Gasteiger charge is -2.28. The van der Waals surface area contributed by atoms with Gasteiger partial charge >= 0.3 is 12.2 Å². The third kappa shape index (κ3) is 8.20. The van der Waals surface area contributed by atoms with Crippen molar-refractivity contribution in [3.05, 3.63) is 137 Å². The van der Waals surface area contributed by atoms with Gasteiger partial charge in [0, 0.05) is 18.7 Å². The van der Waals surface area contributed by atoms with E-state index in [0.717, 1.165) is 57.6 Å². The summed E-state index contributed by atoms with van der Waals surface area (Å²) in [6.45, 7) is 4.99. The van der Waals surface area contributed by atoms with E-state index in [1.165, 1.54) is 0 Å². The molecule has 15 nitrogen and oxygen atoms in total. The molecule has 2 aromatic heterocycles. The van der Waals surface area contributed by atoms with E-state index >= 15 is 0 Å². The Morgan fingerprint density at radius 3 is 1.65 bits per heavy atom. The Labute approximate surface area is 358 Å². The maximum Gasteiger partial charge on any atom is 0.405 e. The largest absolute Gasteiger partial charge is 0.496 e. The predicted octanol–water partition coefficient (Wildman–Crippen LogP) is 8.10. The number of amides is 4. The van der Waals surface area contributed by atoms with Crippen LogP contribution in [0.4, 0.5) is 9.59 Å². The first-order valence-electron chi connectivity index (χ1n) is 20.6. The molecule has 4 heterocycles. The Kier molecular flexibility index (Phi) is 11.8. The SMILES string of the molecule is COc1c(C)cc(-c2ccc(-c3cnc(C4CCCN4C(=O)C(NC(=O)O)c4ccccc4)[nH]3)cc2)c(C)c1-c1cnc([C@@H]2CCCN2C(=O)[C@H](NC(=O)O)c2ccccc2)[nH]1. The number of carboxylic acid groups (broad SMARTS) is 2. The van der Waals surface area contributed by atoms with Gasteiger partial charge in [-0.25, -0.2) is 19.6 Å². The Morgan fingerprint density at radius 1 is 0.694 bits per heavy atom. The fourth-order valence-electron chi connectivity index (χ4n) is 8.97. The molecule has 62 heavy (non-hydrogen) atoms. The van der Waals surface area contributed by atoms with Gasteiger partial charge in [-0.3, -0.25) is 9.59 Å². The summed E-state index contributed by atoms with van der Waals surface area (Å²) < 4.78 is 5.97. The van der Waals surface area contributed by atoms with Gasteiger partial charge in [0.15, 0.2) is 0 Å². The minimum Gasteiger partial charge on any atom is -0.496 e. The van der Waals surface area contributed by atoms with Crippen LogP contribution >= 0.6 is 0 Å². The Bertz CT molecular complexity index is 2590. The number of carbonyl (C=O) groups excluding carboxylic acids is 2. The summed E-state index contributed by atoms with van der Waals surface area (Å²) in [5.41, 5.74) is 8.28. The molecule has 8 rings (SSSR count). The summed E-state index contributed by atoms with van der Waals surface area (Å²) in [6, 6.07) is 25.2. The Hall–Kier alpha value is -7.42. The molecule has 2 unspecified atom stereocenters. The second kappa shape index (κ2) is 17.7. The molecule has 15 heteroatoms. The summed E-state index contributed by atoms with van der Waals surface area (Å²) in [6.07, 6.45) is 3.84. The molecule has 318 valence electrons. The Morgan fingerprint density at radius 2 is 1.16 bits per heavy atom. The van der Waals surface area contributed by atoms with E-state index in [-0.39, 0.29) is 23.9 Å². The third-order valence-electron chi connectivity index (χ3n) is 11.9. The van der Waals surface area contributed by atoms with E-state index in [1.54, 1.807) is 77.8 Å². The lowest BCUT2D eigenvalue weighted by molar-refractivity contribution is -0.135. The van der Waals surface area contributed by atoms with Gasteiger partial charge in [0.2, 0.25) is 0 Å². The average Bonchev–Trinajstić information content (AvgIpc) is 4.13. The number of likely N-dealkylation sites (tertiary alicyclic amines) is 2. The molecule has 4 amide bonds. The van der Waals surface area contributed by atoms with Crippen LogP contribution in [0.5, 0.6) is 5.75 Å². The number of benzene rings is 4. The number of methoxy groups -OCH3 is 1. The highest BCUT2D eigenvalue weighted by Crippen LogP contribution is 2.43.